The number of nitrogens with two attached hydrogens (primary N) is 1. The quantitative estimate of drug-likeness (QED) is 0.540. The molecule has 3 aromatic rings. The van der Waals surface area contributed by atoms with Gasteiger partial charge in [-0.05, 0) is 72.2 Å². The van der Waals surface area contributed by atoms with Crippen LogP contribution in [-0.2, 0) is 0 Å². The number of carbonyl (C=O) groups is 1. The maximum absolute atomic E-state index is 13.9. The summed E-state index contributed by atoms with van der Waals surface area (Å²) in [6, 6.07) is 7.82. The number of anilines is 1. The standard InChI is InChI=1S/C20H17FN2O4/c1-10-13(12-4-5-16(22)15(21)8-12)6-7-23-18(10)14(11-2-3-11)9-17(19(23)24)27-20(25)26/h4-9,11H,2-3,22H2,1H3,(H,25,26). The largest absolute Gasteiger partial charge is 0.511 e. The van der Waals surface area contributed by atoms with Crippen molar-refractivity contribution >= 4 is 17.4 Å². The van der Waals surface area contributed by atoms with Gasteiger partial charge >= 0.3 is 6.16 Å². The predicted molar refractivity (Wildman–Crippen MR) is 98.8 cm³/mol. The number of hydrogen-bond donors (Lipinski definition) is 2. The van der Waals surface area contributed by atoms with Crippen LogP contribution in [0, 0.1) is 12.7 Å². The summed E-state index contributed by atoms with van der Waals surface area (Å²) in [7, 11) is 0. The summed E-state index contributed by atoms with van der Waals surface area (Å²) in [5.41, 5.74) is 8.89. The second-order valence-electron chi connectivity index (χ2n) is 6.72. The maximum Gasteiger partial charge on any atom is 0.511 e. The van der Waals surface area contributed by atoms with Gasteiger partial charge in [-0.15, -0.1) is 0 Å². The molecule has 0 bridgehead atoms. The number of halogens is 1. The first-order valence-electron chi connectivity index (χ1n) is 8.52. The number of aromatic nitrogens is 1. The number of hydrogen-bond acceptors (Lipinski definition) is 4. The third kappa shape index (κ3) is 2.91. The summed E-state index contributed by atoms with van der Waals surface area (Å²) in [4.78, 5) is 23.6. The Bertz CT molecular complexity index is 1150. The average molecular weight is 368 g/mol. The fraction of sp³-hybridized carbons (Fsp3) is 0.200. The third-order valence-electron chi connectivity index (χ3n) is 4.91. The van der Waals surface area contributed by atoms with Crippen LogP contribution in [0.1, 0.15) is 29.9 Å². The van der Waals surface area contributed by atoms with E-state index < -0.39 is 17.5 Å². The number of nitrogen functional groups attached to an aromatic ring is 1. The molecule has 0 amide bonds. The van der Waals surface area contributed by atoms with Crippen molar-refractivity contribution in [1.82, 2.24) is 4.40 Å². The minimum atomic E-state index is -1.53. The highest BCUT2D eigenvalue weighted by atomic mass is 19.1. The van der Waals surface area contributed by atoms with Gasteiger partial charge in [0.15, 0.2) is 5.75 Å². The number of rotatable bonds is 3. The first-order chi connectivity index (χ1) is 12.9. The Morgan fingerprint density at radius 3 is 2.67 bits per heavy atom. The summed E-state index contributed by atoms with van der Waals surface area (Å²) < 4.78 is 20.0. The molecule has 1 fully saturated rings. The van der Waals surface area contributed by atoms with E-state index in [1.807, 2.05) is 6.92 Å². The van der Waals surface area contributed by atoms with Gasteiger partial charge in [0.2, 0.25) is 0 Å². The summed E-state index contributed by atoms with van der Waals surface area (Å²) in [5.74, 6) is -0.474. The Morgan fingerprint density at radius 2 is 2.04 bits per heavy atom. The minimum absolute atomic E-state index is 0.0718. The fourth-order valence-electron chi connectivity index (χ4n) is 3.45. The SMILES string of the molecule is Cc1c(-c2ccc(N)c(F)c2)ccn2c(=O)c(OC(=O)O)cc(C3CC3)c12. The lowest BCUT2D eigenvalue weighted by Gasteiger charge is -2.16. The highest BCUT2D eigenvalue weighted by Crippen LogP contribution is 2.44. The van der Waals surface area contributed by atoms with Gasteiger partial charge in [0.1, 0.15) is 5.82 Å². The molecule has 2 aromatic heterocycles. The van der Waals surface area contributed by atoms with Gasteiger partial charge in [0.05, 0.1) is 11.2 Å². The maximum atomic E-state index is 13.9. The van der Waals surface area contributed by atoms with Crippen LogP contribution in [0.2, 0.25) is 0 Å². The molecule has 0 spiro atoms. The number of carboxylic acid groups (broad SMARTS) is 1. The van der Waals surface area contributed by atoms with Crippen molar-refractivity contribution in [3.8, 4) is 16.9 Å². The zero-order valence-corrected chi connectivity index (χ0v) is 14.5. The topological polar surface area (TPSA) is 94.0 Å². The van der Waals surface area contributed by atoms with E-state index in [2.05, 4.69) is 4.74 Å². The number of fused-ring (bicyclic) bond motifs is 1. The van der Waals surface area contributed by atoms with Crippen LogP contribution in [0.4, 0.5) is 14.9 Å². The third-order valence-corrected chi connectivity index (χ3v) is 4.91. The Kier molecular flexibility index (Phi) is 3.87. The normalized spacial score (nSPS) is 13.7. The second kappa shape index (κ2) is 6.12. The van der Waals surface area contributed by atoms with Gasteiger partial charge in [-0.1, -0.05) is 6.07 Å². The average Bonchev–Trinajstić information content (AvgIpc) is 3.45. The minimum Gasteiger partial charge on any atom is -0.449 e. The molecule has 0 aliphatic heterocycles. The zero-order chi connectivity index (χ0) is 19.3. The molecule has 1 aromatic carbocycles. The molecule has 1 aliphatic rings. The van der Waals surface area contributed by atoms with Crippen LogP contribution in [0.15, 0.2) is 41.3 Å². The van der Waals surface area contributed by atoms with Crippen LogP contribution in [-0.4, -0.2) is 15.7 Å². The van der Waals surface area contributed by atoms with Gasteiger partial charge in [-0.2, -0.15) is 0 Å². The molecular formula is C20H17FN2O4. The molecule has 3 N–H and O–H groups in total. The van der Waals surface area contributed by atoms with Crippen molar-refractivity contribution in [1.29, 1.82) is 0 Å². The molecule has 0 saturated heterocycles. The first kappa shape index (κ1) is 17.1. The number of ether oxygens (including phenoxy) is 1. The van der Waals surface area contributed by atoms with Crippen LogP contribution in [0.25, 0.3) is 16.6 Å². The smallest absolute Gasteiger partial charge is 0.449 e. The molecule has 7 heteroatoms. The molecule has 1 aliphatic carbocycles. The number of aryl methyl sites for hydroxylation is 1. The lowest BCUT2D eigenvalue weighted by molar-refractivity contribution is 0.143. The van der Waals surface area contributed by atoms with Gasteiger partial charge in [0.25, 0.3) is 5.56 Å². The molecule has 27 heavy (non-hydrogen) atoms. The van der Waals surface area contributed by atoms with Crippen molar-refractivity contribution in [3.05, 3.63) is 63.8 Å². The van der Waals surface area contributed by atoms with Crippen molar-refractivity contribution in [2.24, 2.45) is 0 Å². The molecule has 1 saturated carbocycles. The molecule has 2 heterocycles. The van der Waals surface area contributed by atoms with Crippen molar-refractivity contribution in [2.75, 3.05) is 5.73 Å². The lowest BCUT2D eigenvalue weighted by Crippen LogP contribution is -2.20. The summed E-state index contributed by atoms with van der Waals surface area (Å²) in [6.45, 7) is 1.86. The molecule has 138 valence electrons. The lowest BCUT2D eigenvalue weighted by atomic mass is 9.97. The Balaban J connectivity index is 1.99. The molecule has 0 atom stereocenters. The van der Waals surface area contributed by atoms with Crippen LogP contribution >= 0.6 is 0 Å². The Hall–Kier alpha value is -3.35. The second-order valence-corrected chi connectivity index (χ2v) is 6.72. The summed E-state index contributed by atoms with van der Waals surface area (Å²) in [5, 5.41) is 8.89. The van der Waals surface area contributed by atoms with E-state index in [1.165, 1.54) is 22.6 Å². The Labute approximate surface area is 153 Å². The fourth-order valence-corrected chi connectivity index (χ4v) is 3.45. The number of nitrogens with zero attached hydrogens (tertiary/aromatic N) is 1. The van der Waals surface area contributed by atoms with E-state index in [9.17, 15) is 14.0 Å². The van der Waals surface area contributed by atoms with Crippen LogP contribution in [0.5, 0.6) is 5.75 Å². The van der Waals surface area contributed by atoms with Crippen molar-refractivity contribution in [3.63, 3.8) is 0 Å². The van der Waals surface area contributed by atoms with Gasteiger partial charge in [0, 0.05) is 6.20 Å². The van der Waals surface area contributed by atoms with Gasteiger partial charge in [-0.25, -0.2) is 9.18 Å². The van der Waals surface area contributed by atoms with E-state index in [4.69, 9.17) is 10.8 Å². The zero-order valence-electron chi connectivity index (χ0n) is 14.5. The highest BCUT2D eigenvalue weighted by molar-refractivity contribution is 5.78. The van der Waals surface area contributed by atoms with E-state index in [0.29, 0.717) is 11.1 Å². The molecule has 0 radical (unpaired) electrons. The van der Waals surface area contributed by atoms with E-state index in [-0.39, 0.29) is 17.4 Å². The van der Waals surface area contributed by atoms with Crippen LogP contribution < -0.4 is 16.0 Å². The summed E-state index contributed by atoms with van der Waals surface area (Å²) >= 11 is 0. The van der Waals surface area contributed by atoms with E-state index in [0.717, 1.165) is 29.5 Å². The monoisotopic (exact) mass is 368 g/mol. The van der Waals surface area contributed by atoms with Crippen LogP contribution in [0.3, 0.4) is 0 Å². The van der Waals surface area contributed by atoms with Crippen molar-refractivity contribution < 1.29 is 19.0 Å². The number of pyridine rings is 2. The number of benzene rings is 1. The van der Waals surface area contributed by atoms with Gasteiger partial charge in [-0.3, -0.25) is 9.20 Å². The highest BCUT2D eigenvalue weighted by Gasteiger charge is 2.29. The first-order valence-corrected chi connectivity index (χ1v) is 8.52. The van der Waals surface area contributed by atoms with Gasteiger partial charge < -0.3 is 15.6 Å². The van der Waals surface area contributed by atoms with Crippen molar-refractivity contribution in [2.45, 2.75) is 25.7 Å². The van der Waals surface area contributed by atoms with E-state index in [1.54, 1.807) is 18.3 Å². The van der Waals surface area contributed by atoms with E-state index >= 15 is 0 Å². The molecule has 0 unspecified atom stereocenters. The molecular weight excluding hydrogens is 351 g/mol. The predicted octanol–water partition coefficient (Wildman–Crippen LogP) is 3.93. The molecule has 6 nitrogen and oxygen atoms in total. The Morgan fingerprint density at radius 1 is 1.30 bits per heavy atom. The summed E-state index contributed by atoms with van der Waals surface area (Å²) in [6.07, 6.45) is 1.95. The molecule has 4 rings (SSSR count).